The molecule has 0 aliphatic carbocycles. The van der Waals surface area contributed by atoms with E-state index in [4.69, 9.17) is 10.5 Å². The van der Waals surface area contributed by atoms with Crippen LogP contribution in [0, 0.1) is 5.92 Å². The van der Waals surface area contributed by atoms with Crippen molar-refractivity contribution in [1.82, 2.24) is 0 Å². The molecule has 0 aliphatic rings. The first-order chi connectivity index (χ1) is 7.97. The summed E-state index contributed by atoms with van der Waals surface area (Å²) in [5.41, 5.74) is 5.11. The van der Waals surface area contributed by atoms with Crippen molar-refractivity contribution in [3.63, 3.8) is 0 Å². The Morgan fingerprint density at radius 3 is 2.22 bits per heavy atom. The normalized spacial score (nSPS) is 16.1. The van der Waals surface area contributed by atoms with Crippen molar-refractivity contribution >= 4 is 15.8 Å². The third kappa shape index (κ3) is 7.66. The van der Waals surface area contributed by atoms with Gasteiger partial charge in [-0.05, 0) is 26.7 Å². The van der Waals surface area contributed by atoms with E-state index in [2.05, 4.69) is 0 Å². The van der Waals surface area contributed by atoms with Gasteiger partial charge in [0.15, 0.2) is 9.84 Å². The monoisotopic (exact) mass is 279 g/mol. The highest BCUT2D eigenvalue weighted by Gasteiger charge is 2.26. The van der Waals surface area contributed by atoms with Crippen LogP contribution < -0.4 is 5.73 Å². The highest BCUT2D eigenvalue weighted by molar-refractivity contribution is 7.92. The lowest BCUT2D eigenvalue weighted by atomic mass is 10.0. The number of rotatable bonds is 6. The Morgan fingerprint density at radius 1 is 1.33 bits per heavy atom. The van der Waals surface area contributed by atoms with Gasteiger partial charge in [-0.3, -0.25) is 4.79 Å². The minimum atomic E-state index is -3.51. The largest absolute Gasteiger partial charge is 0.459 e. The van der Waals surface area contributed by atoms with Crippen molar-refractivity contribution in [1.29, 1.82) is 0 Å². The van der Waals surface area contributed by atoms with Crippen molar-refractivity contribution in [2.24, 2.45) is 11.7 Å². The van der Waals surface area contributed by atoms with Crippen molar-refractivity contribution in [3.05, 3.63) is 0 Å². The van der Waals surface area contributed by atoms with Crippen LogP contribution >= 0.6 is 0 Å². The van der Waals surface area contributed by atoms with E-state index in [9.17, 15) is 13.2 Å². The van der Waals surface area contributed by atoms with Crippen LogP contribution in [-0.4, -0.2) is 37.5 Å². The molecule has 0 aromatic heterocycles. The van der Waals surface area contributed by atoms with E-state index in [1.165, 1.54) is 0 Å². The Bertz CT molecular complexity index is 370. The summed E-state index contributed by atoms with van der Waals surface area (Å²) >= 11 is 0. The molecular formula is C12H25NO4S. The molecule has 0 radical (unpaired) electrons. The topological polar surface area (TPSA) is 86.5 Å². The zero-order valence-electron chi connectivity index (χ0n) is 11.9. The summed E-state index contributed by atoms with van der Waals surface area (Å²) in [4.78, 5) is 11.5. The smallest absolute Gasteiger partial charge is 0.321 e. The zero-order chi connectivity index (χ0) is 14.6. The Labute approximate surface area is 110 Å². The second-order valence-electron chi connectivity index (χ2n) is 5.69. The van der Waals surface area contributed by atoms with E-state index in [1.54, 1.807) is 20.8 Å². The van der Waals surface area contributed by atoms with Gasteiger partial charge in [0.25, 0.3) is 0 Å². The number of sulfone groups is 1. The fourth-order valence-corrected chi connectivity index (χ4v) is 2.82. The first-order valence-electron chi connectivity index (χ1n) is 6.14. The number of ether oxygens (including phenoxy) is 1. The number of carbonyl (C=O) groups is 1. The molecular weight excluding hydrogens is 254 g/mol. The van der Waals surface area contributed by atoms with Crippen LogP contribution in [0.25, 0.3) is 0 Å². The van der Waals surface area contributed by atoms with E-state index in [0.717, 1.165) is 6.42 Å². The molecule has 6 heteroatoms. The van der Waals surface area contributed by atoms with Crippen LogP contribution in [0.3, 0.4) is 0 Å². The maximum atomic E-state index is 11.8. The number of carbonyl (C=O) groups excluding carboxylic acids is 1. The van der Waals surface area contributed by atoms with E-state index in [-0.39, 0.29) is 11.7 Å². The molecule has 0 saturated carbocycles. The second-order valence-corrected chi connectivity index (χ2v) is 7.80. The average molecular weight is 279 g/mol. The highest BCUT2D eigenvalue weighted by Crippen LogP contribution is 2.11. The predicted molar refractivity (Wildman–Crippen MR) is 71.9 cm³/mol. The lowest BCUT2D eigenvalue weighted by Crippen LogP contribution is -2.38. The molecule has 0 rings (SSSR count). The van der Waals surface area contributed by atoms with Gasteiger partial charge in [-0.1, -0.05) is 20.3 Å². The van der Waals surface area contributed by atoms with Gasteiger partial charge in [-0.25, -0.2) is 8.42 Å². The number of hydrogen-bond donors (Lipinski definition) is 1. The number of hydrogen-bond acceptors (Lipinski definition) is 5. The fourth-order valence-electron chi connectivity index (χ4n) is 1.37. The minimum absolute atomic E-state index is 0.110. The molecule has 0 spiro atoms. The summed E-state index contributed by atoms with van der Waals surface area (Å²) in [6.07, 6.45) is 0.809. The maximum Gasteiger partial charge on any atom is 0.321 e. The van der Waals surface area contributed by atoms with Gasteiger partial charge >= 0.3 is 5.97 Å². The molecule has 2 atom stereocenters. The van der Waals surface area contributed by atoms with Crippen LogP contribution in [0.15, 0.2) is 0 Å². The van der Waals surface area contributed by atoms with Crippen LogP contribution in [0.2, 0.25) is 0 Å². The molecule has 5 nitrogen and oxygen atoms in total. The molecule has 0 aliphatic heterocycles. The Hall–Kier alpha value is -0.620. The summed E-state index contributed by atoms with van der Waals surface area (Å²) in [5.74, 6) is -1.40. The maximum absolute atomic E-state index is 11.8. The summed E-state index contributed by atoms with van der Waals surface area (Å²) in [7, 11) is -3.51. The first-order valence-corrected chi connectivity index (χ1v) is 7.97. The molecule has 0 heterocycles. The Morgan fingerprint density at radius 2 is 1.83 bits per heavy atom. The summed E-state index contributed by atoms with van der Waals surface area (Å²) in [6.45, 7) is 8.94. The predicted octanol–water partition coefficient (Wildman–Crippen LogP) is 1.12. The third-order valence-electron chi connectivity index (χ3n) is 2.58. The van der Waals surface area contributed by atoms with Crippen LogP contribution in [-0.2, 0) is 19.4 Å². The third-order valence-corrected chi connectivity index (χ3v) is 4.15. The standard InChI is InChI=1S/C12H25NO4S/c1-6-9(2)10(13)7-18(15,16)8-11(14)17-12(3,4)5/h9-10H,6-8,13H2,1-5H3. The van der Waals surface area contributed by atoms with Crippen LogP contribution in [0.4, 0.5) is 0 Å². The summed E-state index contributed by atoms with van der Waals surface area (Å²) < 4.78 is 28.5. The van der Waals surface area contributed by atoms with Gasteiger partial charge in [-0.2, -0.15) is 0 Å². The molecule has 0 amide bonds. The highest BCUT2D eigenvalue weighted by atomic mass is 32.2. The van der Waals surface area contributed by atoms with Gasteiger partial charge in [0.2, 0.25) is 0 Å². The molecule has 18 heavy (non-hydrogen) atoms. The van der Waals surface area contributed by atoms with Crippen molar-refractivity contribution in [2.45, 2.75) is 52.7 Å². The van der Waals surface area contributed by atoms with Crippen molar-refractivity contribution in [2.75, 3.05) is 11.5 Å². The van der Waals surface area contributed by atoms with Gasteiger partial charge < -0.3 is 10.5 Å². The zero-order valence-corrected chi connectivity index (χ0v) is 12.7. The first kappa shape index (κ1) is 17.4. The average Bonchev–Trinajstić information content (AvgIpc) is 2.10. The molecule has 0 bridgehead atoms. The summed E-state index contributed by atoms with van der Waals surface area (Å²) in [6, 6.07) is -0.442. The van der Waals surface area contributed by atoms with Gasteiger partial charge in [0.05, 0.1) is 5.75 Å². The minimum Gasteiger partial charge on any atom is -0.459 e. The van der Waals surface area contributed by atoms with Gasteiger partial charge in [-0.15, -0.1) is 0 Å². The van der Waals surface area contributed by atoms with E-state index in [1.807, 2.05) is 13.8 Å². The van der Waals surface area contributed by atoms with Gasteiger partial charge in [0.1, 0.15) is 11.4 Å². The summed E-state index contributed by atoms with van der Waals surface area (Å²) in [5, 5.41) is 0. The lowest BCUT2D eigenvalue weighted by Gasteiger charge is -2.21. The molecule has 2 unspecified atom stereocenters. The number of nitrogens with two attached hydrogens (primary N) is 1. The lowest BCUT2D eigenvalue weighted by molar-refractivity contribution is -0.151. The quantitative estimate of drug-likeness (QED) is 0.736. The molecule has 108 valence electrons. The second kappa shape index (κ2) is 6.52. The molecule has 0 aromatic carbocycles. The van der Waals surface area contributed by atoms with Crippen LogP contribution in [0.1, 0.15) is 41.0 Å². The SMILES string of the molecule is CCC(C)C(N)CS(=O)(=O)CC(=O)OC(C)(C)C. The van der Waals surface area contributed by atoms with E-state index < -0.39 is 33.2 Å². The van der Waals surface area contributed by atoms with E-state index in [0.29, 0.717) is 0 Å². The van der Waals surface area contributed by atoms with Gasteiger partial charge in [0, 0.05) is 6.04 Å². The van der Waals surface area contributed by atoms with Crippen molar-refractivity contribution < 1.29 is 17.9 Å². The van der Waals surface area contributed by atoms with Crippen LogP contribution in [0.5, 0.6) is 0 Å². The Balaban J connectivity index is 4.45. The van der Waals surface area contributed by atoms with Crippen molar-refractivity contribution in [3.8, 4) is 0 Å². The van der Waals surface area contributed by atoms with E-state index >= 15 is 0 Å². The fraction of sp³-hybridized carbons (Fsp3) is 0.917. The molecule has 0 aromatic rings. The number of esters is 1. The Kier molecular flexibility index (Phi) is 6.29. The molecule has 0 fully saturated rings. The molecule has 2 N–H and O–H groups in total. The molecule has 0 saturated heterocycles.